The molecule has 0 spiro atoms. The van der Waals surface area contributed by atoms with E-state index < -0.39 is 57.0 Å². The number of benzene rings is 2. The van der Waals surface area contributed by atoms with E-state index in [2.05, 4.69) is 0 Å². The van der Waals surface area contributed by atoms with E-state index >= 15 is 0 Å². The number of nitrogens with two attached hydrogens (primary N) is 1. The summed E-state index contributed by atoms with van der Waals surface area (Å²) in [6.07, 6.45) is -5.99. The summed E-state index contributed by atoms with van der Waals surface area (Å²) >= 11 is 0. The van der Waals surface area contributed by atoms with Crippen molar-refractivity contribution >= 4 is 15.9 Å². The van der Waals surface area contributed by atoms with Crippen molar-refractivity contribution in [1.82, 2.24) is 0 Å². The molecule has 2 aromatic carbocycles. The van der Waals surface area contributed by atoms with Crippen molar-refractivity contribution in [3.8, 4) is 0 Å². The van der Waals surface area contributed by atoms with Crippen molar-refractivity contribution in [3.05, 3.63) is 82.7 Å². The van der Waals surface area contributed by atoms with E-state index in [4.69, 9.17) is 14.7 Å². The highest BCUT2D eigenvalue weighted by atomic mass is 32.2. The lowest BCUT2D eigenvalue weighted by Crippen LogP contribution is -2.16. The standard InChI is InChI=1S/C18H13F4NO5S/c19-13-7-1-10(2-8-13)9-29(25,26)28-16-14(24)15(27-17(16)23)11-3-5-12(6-4-11)18(20,21)22/h1-8,15H,9,23H2. The molecule has 11 heteroatoms. The average Bonchev–Trinajstić information content (AvgIpc) is 2.91. The largest absolute Gasteiger partial charge is 0.460 e. The predicted octanol–water partition coefficient (Wildman–Crippen LogP) is 3.16. The van der Waals surface area contributed by atoms with Gasteiger partial charge in [-0.2, -0.15) is 21.6 Å². The number of ether oxygens (including phenoxy) is 1. The summed E-state index contributed by atoms with van der Waals surface area (Å²) in [6, 6.07) is 8.13. The normalized spacial score (nSPS) is 17.4. The third kappa shape index (κ3) is 4.67. The van der Waals surface area contributed by atoms with Gasteiger partial charge in [0.05, 0.1) is 5.56 Å². The minimum Gasteiger partial charge on any atom is -0.460 e. The fourth-order valence-corrected chi connectivity index (χ4v) is 3.64. The number of alkyl halides is 3. The lowest BCUT2D eigenvalue weighted by Gasteiger charge is -2.12. The molecule has 3 rings (SSSR count). The topological polar surface area (TPSA) is 95.7 Å². The van der Waals surface area contributed by atoms with Gasteiger partial charge in [0.25, 0.3) is 0 Å². The second-order valence-corrected chi connectivity index (χ2v) is 7.66. The first kappa shape index (κ1) is 20.6. The van der Waals surface area contributed by atoms with Crippen LogP contribution in [0.3, 0.4) is 0 Å². The maximum Gasteiger partial charge on any atom is 0.416 e. The Kier molecular flexibility index (Phi) is 5.26. The Bertz CT molecular complexity index is 1060. The van der Waals surface area contributed by atoms with Crippen LogP contribution in [0, 0.1) is 5.82 Å². The Morgan fingerprint density at radius 1 is 1.03 bits per heavy atom. The van der Waals surface area contributed by atoms with Crippen LogP contribution in [0.2, 0.25) is 0 Å². The summed E-state index contributed by atoms with van der Waals surface area (Å²) in [4.78, 5) is 12.4. The third-order valence-electron chi connectivity index (χ3n) is 3.94. The average molecular weight is 431 g/mol. The summed E-state index contributed by atoms with van der Waals surface area (Å²) in [6.45, 7) is 0. The molecule has 1 aliphatic heterocycles. The van der Waals surface area contributed by atoms with E-state index in [1.165, 1.54) is 12.1 Å². The second kappa shape index (κ2) is 7.39. The van der Waals surface area contributed by atoms with E-state index in [0.717, 1.165) is 36.4 Å². The molecule has 1 atom stereocenters. The van der Waals surface area contributed by atoms with Crippen molar-refractivity contribution in [2.24, 2.45) is 5.73 Å². The Morgan fingerprint density at radius 2 is 1.62 bits per heavy atom. The fraction of sp³-hybridized carbons (Fsp3) is 0.167. The lowest BCUT2D eigenvalue weighted by molar-refractivity contribution is -0.137. The molecule has 0 aliphatic carbocycles. The van der Waals surface area contributed by atoms with Crippen molar-refractivity contribution in [1.29, 1.82) is 0 Å². The zero-order valence-corrected chi connectivity index (χ0v) is 15.3. The fourth-order valence-electron chi connectivity index (χ4n) is 2.56. The van der Waals surface area contributed by atoms with Crippen molar-refractivity contribution < 1.29 is 39.7 Å². The van der Waals surface area contributed by atoms with Crippen LogP contribution in [0.1, 0.15) is 22.8 Å². The van der Waals surface area contributed by atoms with E-state index in [-0.39, 0.29) is 11.1 Å². The number of Topliss-reactive ketones (excluding diaryl/α,β-unsaturated/α-hetero) is 1. The molecular weight excluding hydrogens is 418 g/mol. The van der Waals surface area contributed by atoms with E-state index in [1.807, 2.05) is 0 Å². The molecule has 2 N–H and O–H groups in total. The molecule has 154 valence electrons. The molecule has 1 unspecified atom stereocenters. The number of hydrogen-bond acceptors (Lipinski definition) is 6. The maximum atomic E-state index is 12.9. The molecular formula is C18H13F4NO5S. The Labute approximate surface area is 162 Å². The van der Waals surface area contributed by atoms with Crippen molar-refractivity contribution in [2.45, 2.75) is 18.0 Å². The van der Waals surface area contributed by atoms with Gasteiger partial charge in [-0.1, -0.05) is 24.3 Å². The summed E-state index contributed by atoms with van der Waals surface area (Å²) in [5.74, 6) is -3.55. The molecule has 0 saturated carbocycles. The smallest absolute Gasteiger partial charge is 0.416 e. The number of ketones is 1. The summed E-state index contributed by atoms with van der Waals surface area (Å²) in [7, 11) is -4.34. The molecule has 2 aromatic rings. The summed E-state index contributed by atoms with van der Waals surface area (Å²) in [5, 5.41) is 0. The molecule has 29 heavy (non-hydrogen) atoms. The molecule has 1 heterocycles. The van der Waals surface area contributed by atoms with Crippen molar-refractivity contribution in [2.75, 3.05) is 0 Å². The van der Waals surface area contributed by atoms with Crippen LogP contribution in [0.15, 0.2) is 60.2 Å². The van der Waals surface area contributed by atoms with Gasteiger partial charge >= 0.3 is 16.3 Å². The van der Waals surface area contributed by atoms with Gasteiger partial charge in [-0.15, -0.1) is 0 Å². The molecule has 1 aliphatic rings. The second-order valence-electron chi connectivity index (χ2n) is 6.09. The highest BCUT2D eigenvalue weighted by Crippen LogP contribution is 2.35. The van der Waals surface area contributed by atoms with Crippen LogP contribution < -0.4 is 5.73 Å². The van der Waals surface area contributed by atoms with Crippen LogP contribution in [-0.4, -0.2) is 14.2 Å². The monoisotopic (exact) mass is 431 g/mol. The van der Waals surface area contributed by atoms with Crippen LogP contribution in [-0.2, 0) is 35.8 Å². The van der Waals surface area contributed by atoms with Crippen LogP contribution in [0.25, 0.3) is 0 Å². The number of rotatable bonds is 5. The van der Waals surface area contributed by atoms with E-state index in [1.54, 1.807) is 0 Å². The molecule has 0 radical (unpaired) electrons. The number of carbonyl (C=O) groups is 1. The van der Waals surface area contributed by atoms with Gasteiger partial charge in [0, 0.05) is 5.56 Å². The predicted molar refractivity (Wildman–Crippen MR) is 91.6 cm³/mol. The zero-order chi connectivity index (χ0) is 21.4. The quantitative estimate of drug-likeness (QED) is 0.577. The first-order valence-corrected chi connectivity index (χ1v) is 9.58. The highest BCUT2D eigenvalue weighted by molar-refractivity contribution is 7.86. The summed E-state index contributed by atoms with van der Waals surface area (Å²) in [5.41, 5.74) is 4.86. The molecule has 6 nitrogen and oxygen atoms in total. The van der Waals surface area contributed by atoms with E-state index in [0.29, 0.717) is 0 Å². The van der Waals surface area contributed by atoms with Gasteiger partial charge < -0.3 is 14.7 Å². The number of carbonyl (C=O) groups excluding carboxylic acids is 1. The highest BCUT2D eigenvalue weighted by Gasteiger charge is 2.40. The SMILES string of the molecule is NC1=C(OS(=O)(=O)Cc2ccc(F)cc2)C(=O)C(c2ccc(C(F)(F)F)cc2)O1. The van der Waals surface area contributed by atoms with Gasteiger partial charge in [0.1, 0.15) is 11.6 Å². The first-order chi connectivity index (χ1) is 13.5. The molecule has 0 bridgehead atoms. The minimum atomic E-state index is -4.56. The van der Waals surface area contributed by atoms with E-state index in [9.17, 15) is 30.8 Å². The minimum absolute atomic E-state index is 0.0421. The van der Waals surface area contributed by atoms with Gasteiger partial charge in [-0.3, -0.25) is 4.79 Å². The molecule has 0 aromatic heterocycles. The van der Waals surface area contributed by atoms with Gasteiger partial charge in [-0.05, 0) is 29.8 Å². The zero-order valence-electron chi connectivity index (χ0n) is 14.4. The Balaban J connectivity index is 1.75. The van der Waals surface area contributed by atoms with Gasteiger partial charge in [0.2, 0.25) is 17.4 Å². The van der Waals surface area contributed by atoms with Gasteiger partial charge in [-0.25, -0.2) is 4.39 Å². The Hall–Kier alpha value is -3.08. The van der Waals surface area contributed by atoms with Crippen LogP contribution in [0.4, 0.5) is 17.6 Å². The third-order valence-corrected chi connectivity index (χ3v) is 5.05. The van der Waals surface area contributed by atoms with Gasteiger partial charge in [0.15, 0.2) is 6.10 Å². The van der Waals surface area contributed by atoms with Crippen molar-refractivity contribution in [3.63, 3.8) is 0 Å². The van der Waals surface area contributed by atoms with Crippen LogP contribution >= 0.6 is 0 Å². The van der Waals surface area contributed by atoms with Crippen LogP contribution in [0.5, 0.6) is 0 Å². The maximum absolute atomic E-state index is 12.9. The summed E-state index contributed by atoms with van der Waals surface area (Å²) < 4.78 is 85.1. The lowest BCUT2D eigenvalue weighted by atomic mass is 10.0. The molecule has 0 amide bonds. The number of halogens is 4. The Morgan fingerprint density at radius 3 is 2.17 bits per heavy atom. The molecule has 0 saturated heterocycles. The molecule has 0 fully saturated rings. The number of hydrogen-bond donors (Lipinski definition) is 1. The first-order valence-electron chi connectivity index (χ1n) is 8.00.